The standard InChI is InChI=1S/C26H46/c1-6-14-25(4)15-12-20-19(17-25)8-9-22-21(20)13-16-26(5)23(18(3)7-2)10-11-24(22)26/h18-24H,6-17H2,1-5H3/t18-,19-,20+,21-,22?,23-,24+,25+,26-/m1/s1. The highest BCUT2D eigenvalue weighted by Gasteiger charge is 2.57. The van der Waals surface area contributed by atoms with E-state index < -0.39 is 0 Å². The fourth-order valence-corrected chi connectivity index (χ4v) is 9.28. The lowest BCUT2D eigenvalue weighted by atomic mass is 9.47. The fraction of sp³-hybridized carbons (Fsp3) is 1.00. The zero-order chi connectivity index (χ0) is 18.5. The lowest BCUT2D eigenvalue weighted by Gasteiger charge is -2.58. The molecule has 0 saturated heterocycles. The second-order valence-corrected chi connectivity index (χ2v) is 11.9. The van der Waals surface area contributed by atoms with Gasteiger partial charge < -0.3 is 0 Å². The molecule has 4 rings (SSSR count). The minimum atomic E-state index is 0.681. The molecule has 0 nitrogen and oxygen atoms in total. The van der Waals surface area contributed by atoms with E-state index in [-0.39, 0.29) is 0 Å². The summed E-state index contributed by atoms with van der Waals surface area (Å²) in [6, 6.07) is 0. The molecule has 0 aromatic rings. The molecule has 0 amide bonds. The Morgan fingerprint density at radius 2 is 1.62 bits per heavy atom. The van der Waals surface area contributed by atoms with Crippen LogP contribution in [-0.2, 0) is 0 Å². The highest BCUT2D eigenvalue weighted by Crippen LogP contribution is 2.66. The smallest absolute Gasteiger partial charge is 0.0264 e. The summed E-state index contributed by atoms with van der Waals surface area (Å²) >= 11 is 0. The third kappa shape index (κ3) is 3.00. The summed E-state index contributed by atoms with van der Waals surface area (Å²) in [4.78, 5) is 0. The van der Waals surface area contributed by atoms with Gasteiger partial charge in [-0.3, -0.25) is 0 Å². The van der Waals surface area contributed by atoms with E-state index in [1.165, 1.54) is 25.7 Å². The van der Waals surface area contributed by atoms with Crippen molar-refractivity contribution in [2.75, 3.05) is 0 Å². The van der Waals surface area contributed by atoms with Gasteiger partial charge in [0, 0.05) is 0 Å². The Balaban J connectivity index is 1.49. The maximum atomic E-state index is 2.73. The van der Waals surface area contributed by atoms with Gasteiger partial charge in [-0.25, -0.2) is 0 Å². The van der Waals surface area contributed by atoms with Crippen LogP contribution in [0.3, 0.4) is 0 Å². The van der Waals surface area contributed by atoms with E-state index in [2.05, 4.69) is 34.6 Å². The zero-order valence-electron chi connectivity index (χ0n) is 18.5. The SMILES string of the molecule is CCC[C@@]1(C)CC[C@H]2[C@H](CCC3[C@@H]2CC[C@]2(C)[C@@H]([C@H](C)CC)CC[C@@H]32)C1. The molecule has 26 heavy (non-hydrogen) atoms. The number of hydrogen-bond acceptors (Lipinski definition) is 0. The topological polar surface area (TPSA) is 0 Å². The lowest BCUT2D eigenvalue weighted by molar-refractivity contribution is -0.0836. The van der Waals surface area contributed by atoms with Crippen LogP contribution in [0, 0.1) is 52.3 Å². The second kappa shape index (κ2) is 7.11. The van der Waals surface area contributed by atoms with Crippen molar-refractivity contribution < 1.29 is 0 Å². The van der Waals surface area contributed by atoms with Gasteiger partial charge in [0.05, 0.1) is 0 Å². The van der Waals surface area contributed by atoms with Crippen LogP contribution in [0.5, 0.6) is 0 Å². The minimum Gasteiger partial charge on any atom is -0.0654 e. The molecule has 4 aliphatic carbocycles. The molecule has 0 aromatic carbocycles. The first-order valence-electron chi connectivity index (χ1n) is 12.4. The molecule has 0 bridgehead atoms. The van der Waals surface area contributed by atoms with E-state index in [0.29, 0.717) is 10.8 Å². The van der Waals surface area contributed by atoms with Crippen molar-refractivity contribution in [3.63, 3.8) is 0 Å². The van der Waals surface area contributed by atoms with Crippen molar-refractivity contribution in [1.82, 2.24) is 0 Å². The predicted octanol–water partition coefficient (Wildman–Crippen LogP) is 8.11. The molecular weight excluding hydrogens is 312 g/mol. The van der Waals surface area contributed by atoms with Crippen molar-refractivity contribution in [1.29, 1.82) is 0 Å². The maximum Gasteiger partial charge on any atom is -0.0264 e. The third-order valence-corrected chi connectivity index (χ3v) is 10.6. The van der Waals surface area contributed by atoms with Crippen molar-refractivity contribution >= 4 is 0 Å². The molecule has 0 radical (unpaired) electrons. The Labute approximate surface area is 164 Å². The third-order valence-electron chi connectivity index (χ3n) is 10.6. The highest BCUT2D eigenvalue weighted by atomic mass is 14.6. The van der Waals surface area contributed by atoms with E-state index in [1.54, 1.807) is 51.4 Å². The summed E-state index contributed by atoms with van der Waals surface area (Å²) in [5.41, 5.74) is 1.37. The molecule has 150 valence electrons. The van der Waals surface area contributed by atoms with Gasteiger partial charge >= 0.3 is 0 Å². The molecule has 0 aliphatic heterocycles. The Hall–Kier alpha value is 0. The molecule has 9 atom stereocenters. The van der Waals surface area contributed by atoms with Gasteiger partial charge in [-0.1, -0.05) is 47.5 Å². The summed E-state index contributed by atoms with van der Waals surface area (Å²) in [7, 11) is 0. The van der Waals surface area contributed by atoms with E-state index in [0.717, 1.165) is 41.4 Å². The Morgan fingerprint density at radius 1 is 0.846 bits per heavy atom. The van der Waals surface area contributed by atoms with Crippen molar-refractivity contribution in [3.05, 3.63) is 0 Å². The molecule has 0 aromatic heterocycles. The average molecular weight is 359 g/mol. The van der Waals surface area contributed by atoms with Gasteiger partial charge in [0.1, 0.15) is 0 Å². The largest absolute Gasteiger partial charge is 0.0654 e. The fourth-order valence-electron chi connectivity index (χ4n) is 9.28. The van der Waals surface area contributed by atoms with E-state index >= 15 is 0 Å². The van der Waals surface area contributed by atoms with Gasteiger partial charge in [-0.15, -0.1) is 0 Å². The van der Waals surface area contributed by atoms with Gasteiger partial charge in [-0.05, 0) is 116 Å². The number of rotatable bonds is 4. The summed E-state index contributed by atoms with van der Waals surface area (Å²) in [6.45, 7) is 12.7. The van der Waals surface area contributed by atoms with Gasteiger partial charge in [-0.2, -0.15) is 0 Å². The number of hydrogen-bond donors (Lipinski definition) is 0. The molecule has 0 heterocycles. The molecule has 0 spiro atoms. The molecule has 4 saturated carbocycles. The molecule has 0 heteroatoms. The van der Waals surface area contributed by atoms with Crippen LogP contribution >= 0.6 is 0 Å². The summed E-state index contributed by atoms with van der Waals surface area (Å²) < 4.78 is 0. The lowest BCUT2D eigenvalue weighted by Crippen LogP contribution is -2.50. The van der Waals surface area contributed by atoms with Crippen LogP contribution in [0.1, 0.15) is 112 Å². The Bertz CT molecular complexity index is 494. The molecule has 0 N–H and O–H groups in total. The first kappa shape index (κ1) is 19.3. The molecule has 4 fully saturated rings. The van der Waals surface area contributed by atoms with Crippen molar-refractivity contribution in [2.45, 2.75) is 112 Å². The van der Waals surface area contributed by atoms with E-state index in [9.17, 15) is 0 Å². The predicted molar refractivity (Wildman–Crippen MR) is 113 cm³/mol. The van der Waals surface area contributed by atoms with Gasteiger partial charge in [0.25, 0.3) is 0 Å². The van der Waals surface area contributed by atoms with Crippen LogP contribution in [0.15, 0.2) is 0 Å². The van der Waals surface area contributed by atoms with Crippen LogP contribution in [0.25, 0.3) is 0 Å². The van der Waals surface area contributed by atoms with Crippen molar-refractivity contribution in [3.8, 4) is 0 Å². The van der Waals surface area contributed by atoms with Gasteiger partial charge in [0.2, 0.25) is 0 Å². The van der Waals surface area contributed by atoms with Crippen LogP contribution in [-0.4, -0.2) is 0 Å². The first-order valence-corrected chi connectivity index (χ1v) is 12.4. The number of fused-ring (bicyclic) bond motifs is 5. The minimum absolute atomic E-state index is 0.681. The van der Waals surface area contributed by atoms with Crippen LogP contribution < -0.4 is 0 Å². The van der Waals surface area contributed by atoms with E-state index in [1.807, 2.05) is 0 Å². The normalized spacial score (nSPS) is 52.0. The summed E-state index contributed by atoms with van der Waals surface area (Å²) in [5.74, 6) is 7.43. The monoisotopic (exact) mass is 358 g/mol. The quantitative estimate of drug-likeness (QED) is 0.476. The van der Waals surface area contributed by atoms with Crippen molar-refractivity contribution in [2.24, 2.45) is 52.3 Å². The first-order chi connectivity index (χ1) is 12.4. The summed E-state index contributed by atoms with van der Waals surface area (Å²) in [5, 5.41) is 0. The highest BCUT2D eigenvalue weighted by molar-refractivity contribution is 5.07. The molecular formula is C26H46. The zero-order valence-corrected chi connectivity index (χ0v) is 18.5. The summed E-state index contributed by atoms with van der Waals surface area (Å²) in [6.07, 6.45) is 18.3. The van der Waals surface area contributed by atoms with Crippen LogP contribution in [0.2, 0.25) is 0 Å². The van der Waals surface area contributed by atoms with Gasteiger partial charge in [0.15, 0.2) is 0 Å². The molecule has 1 unspecified atom stereocenters. The molecule has 4 aliphatic rings. The van der Waals surface area contributed by atoms with E-state index in [4.69, 9.17) is 0 Å². The maximum absolute atomic E-state index is 2.73. The van der Waals surface area contributed by atoms with Crippen LogP contribution in [0.4, 0.5) is 0 Å². The Morgan fingerprint density at radius 3 is 2.35 bits per heavy atom. The average Bonchev–Trinajstić information content (AvgIpc) is 2.98. The second-order valence-electron chi connectivity index (χ2n) is 11.9. The Kier molecular flexibility index (Phi) is 5.28.